The minimum atomic E-state index is -0.159. The predicted molar refractivity (Wildman–Crippen MR) is 72.8 cm³/mol. The van der Waals surface area contributed by atoms with Crippen molar-refractivity contribution in [2.75, 3.05) is 5.32 Å². The summed E-state index contributed by atoms with van der Waals surface area (Å²) in [7, 11) is 0. The molecule has 0 spiro atoms. The maximum atomic E-state index is 12.0. The van der Waals surface area contributed by atoms with Gasteiger partial charge in [0, 0.05) is 5.69 Å². The van der Waals surface area contributed by atoms with Crippen LogP contribution in [-0.4, -0.2) is 5.91 Å². The Hall–Kier alpha value is -1.55. The van der Waals surface area contributed by atoms with Gasteiger partial charge in [0.05, 0.1) is 11.8 Å². The van der Waals surface area contributed by atoms with Crippen LogP contribution in [0, 0.1) is 0 Å². The lowest BCUT2D eigenvalue weighted by atomic mass is 10.1. The van der Waals surface area contributed by atoms with Crippen LogP contribution < -0.4 is 5.32 Å². The lowest BCUT2D eigenvalue weighted by Gasteiger charge is -2.06. The number of hydrogen-bond donors (Lipinski definition) is 1. The van der Waals surface area contributed by atoms with E-state index >= 15 is 0 Å². The van der Waals surface area contributed by atoms with Gasteiger partial charge in [-0.3, -0.25) is 4.79 Å². The molecule has 1 aliphatic carbocycles. The number of rotatable bonds is 2. The molecule has 0 saturated heterocycles. The van der Waals surface area contributed by atoms with Crippen molar-refractivity contribution in [1.82, 2.24) is 0 Å². The van der Waals surface area contributed by atoms with Crippen LogP contribution in [0.15, 0.2) is 39.6 Å². The predicted octanol–water partition coefficient (Wildman–Crippen LogP) is 3.78. The SMILES string of the molecule is O=C(Nc1ccc2c(c1)CCC2)c1ccoc1Br. The van der Waals surface area contributed by atoms with Crippen molar-refractivity contribution >= 4 is 27.5 Å². The van der Waals surface area contributed by atoms with Gasteiger partial charge in [-0.2, -0.15) is 0 Å². The van der Waals surface area contributed by atoms with Crippen molar-refractivity contribution < 1.29 is 9.21 Å². The highest BCUT2D eigenvalue weighted by Crippen LogP contribution is 2.25. The molecule has 1 aromatic heterocycles. The fourth-order valence-electron chi connectivity index (χ4n) is 2.30. The maximum absolute atomic E-state index is 12.0. The van der Waals surface area contributed by atoms with E-state index in [0.29, 0.717) is 10.2 Å². The number of aryl methyl sites for hydroxylation is 2. The third-order valence-corrected chi connectivity index (χ3v) is 3.83. The highest BCUT2D eigenvalue weighted by molar-refractivity contribution is 9.10. The summed E-state index contributed by atoms with van der Waals surface area (Å²) in [6.07, 6.45) is 4.95. The van der Waals surface area contributed by atoms with Crippen LogP contribution in [0.5, 0.6) is 0 Å². The first-order valence-electron chi connectivity index (χ1n) is 5.90. The lowest BCUT2D eigenvalue weighted by molar-refractivity contribution is 0.102. The van der Waals surface area contributed by atoms with Gasteiger partial charge in [0.25, 0.3) is 5.91 Å². The highest BCUT2D eigenvalue weighted by Gasteiger charge is 2.15. The quantitative estimate of drug-likeness (QED) is 0.917. The number of carbonyl (C=O) groups is 1. The molecule has 0 unspecified atom stereocenters. The molecule has 1 heterocycles. The summed E-state index contributed by atoms with van der Waals surface area (Å²) in [4.78, 5) is 12.0. The largest absolute Gasteiger partial charge is 0.457 e. The van der Waals surface area contributed by atoms with E-state index in [9.17, 15) is 4.79 Å². The molecule has 0 radical (unpaired) electrons. The summed E-state index contributed by atoms with van der Waals surface area (Å²) in [5.41, 5.74) is 4.10. The minimum absolute atomic E-state index is 0.159. The maximum Gasteiger partial charge on any atom is 0.260 e. The fraction of sp³-hybridized carbons (Fsp3) is 0.214. The van der Waals surface area contributed by atoms with Gasteiger partial charge in [-0.1, -0.05) is 6.07 Å². The second kappa shape index (κ2) is 4.61. The van der Waals surface area contributed by atoms with Gasteiger partial charge in [0.2, 0.25) is 0 Å². The summed E-state index contributed by atoms with van der Waals surface area (Å²) in [5.74, 6) is -0.159. The van der Waals surface area contributed by atoms with Crippen molar-refractivity contribution in [2.45, 2.75) is 19.3 Å². The molecular formula is C14H12BrNO2. The molecule has 1 aromatic carbocycles. The van der Waals surface area contributed by atoms with Crippen molar-refractivity contribution in [3.63, 3.8) is 0 Å². The molecule has 1 N–H and O–H groups in total. The zero-order chi connectivity index (χ0) is 12.5. The van der Waals surface area contributed by atoms with Gasteiger partial charge < -0.3 is 9.73 Å². The summed E-state index contributed by atoms with van der Waals surface area (Å²) >= 11 is 3.20. The Bertz CT molecular complexity index is 604. The van der Waals surface area contributed by atoms with Crippen LogP contribution in [0.25, 0.3) is 0 Å². The number of nitrogens with one attached hydrogen (secondary N) is 1. The lowest BCUT2D eigenvalue weighted by Crippen LogP contribution is -2.11. The van der Waals surface area contributed by atoms with Gasteiger partial charge in [-0.05, 0) is 64.5 Å². The van der Waals surface area contributed by atoms with Gasteiger partial charge >= 0.3 is 0 Å². The third kappa shape index (κ3) is 2.08. The van der Waals surface area contributed by atoms with Crippen LogP contribution in [0.3, 0.4) is 0 Å². The van der Waals surface area contributed by atoms with Crippen molar-refractivity contribution in [3.05, 3.63) is 51.9 Å². The first kappa shape index (κ1) is 11.5. The molecule has 3 nitrogen and oxygen atoms in total. The molecule has 92 valence electrons. The van der Waals surface area contributed by atoms with Crippen LogP contribution in [0.1, 0.15) is 27.9 Å². The average molecular weight is 306 g/mol. The van der Waals surface area contributed by atoms with E-state index in [1.807, 2.05) is 6.07 Å². The summed E-state index contributed by atoms with van der Waals surface area (Å²) in [6.45, 7) is 0. The van der Waals surface area contributed by atoms with Gasteiger partial charge in [-0.25, -0.2) is 0 Å². The molecule has 3 rings (SSSR count). The number of benzene rings is 1. The molecule has 1 aliphatic rings. The smallest absolute Gasteiger partial charge is 0.260 e. The normalized spacial score (nSPS) is 13.4. The first-order chi connectivity index (χ1) is 8.74. The number of amides is 1. The van der Waals surface area contributed by atoms with Gasteiger partial charge in [-0.15, -0.1) is 0 Å². The Kier molecular flexibility index (Phi) is 2.96. The number of halogens is 1. The molecule has 0 atom stereocenters. The van der Waals surface area contributed by atoms with Crippen LogP contribution >= 0.6 is 15.9 Å². The molecule has 0 fully saturated rings. The highest BCUT2D eigenvalue weighted by atomic mass is 79.9. The van der Waals surface area contributed by atoms with Crippen LogP contribution in [-0.2, 0) is 12.8 Å². The van der Waals surface area contributed by atoms with Crippen LogP contribution in [0.2, 0.25) is 0 Å². The molecule has 2 aromatic rings. The number of anilines is 1. The summed E-state index contributed by atoms with van der Waals surface area (Å²) in [6, 6.07) is 7.76. The second-order valence-corrected chi connectivity index (χ2v) is 5.12. The van der Waals surface area contributed by atoms with Crippen LogP contribution in [0.4, 0.5) is 5.69 Å². The molecule has 4 heteroatoms. The van der Waals surface area contributed by atoms with Crippen molar-refractivity contribution in [3.8, 4) is 0 Å². The molecule has 0 saturated carbocycles. The Morgan fingerprint density at radius 1 is 1.22 bits per heavy atom. The number of carbonyl (C=O) groups excluding carboxylic acids is 1. The number of furan rings is 1. The Morgan fingerprint density at radius 3 is 2.83 bits per heavy atom. The Balaban J connectivity index is 1.81. The van der Waals surface area contributed by atoms with Crippen molar-refractivity contribution in [2.24, 2.45) is 0 Å². The number of fused-ring (bicyclic) bond motifs is 1. The molecule has 18 heavy (non-hydrogen) atoms. The zero-order valence-electron chi connectivity index (χ0n) is 9.70. The summed E-state index contributed by atoms with van der Waals surface area (Å²) in [5, 5.41) is 2.89. The van der Waals surface area contributed by atoms with Gasteiger partial charge in [0.15, 0.2) is 4.67 Å². The van der Waals surface area contributed by atoms with E-state index in [4.69, 9.17) is 4.42 Å². The van der Waals surface area contributed by atoms with E-state index in [0.717, 1.165) is 18.5 Å². The fourth-order valence-corrected chi connectivity index (χ4v) is 2.72. The standard InChI is InChI=1S/C14H12BrNO2/c15-13-12(6-7-18-13)14(17)16-11-5-4-9-2-1-3-10(9)8-11/h4-8H,1-3H2,(H,16,17). The number of hydrogen-bond acceptors (Lipinski definition) is 2. The van der Waals surface area contributed by atoms with E-state index < -0.39 is 0 Å². The average Bonchev–Trinajstić information content (AvgIpc) is 2.96. The molecule has 1 amide bonds. The summed E-state index contributed by atoms with van der Waals surface area (Å²) < 4.78 is 5.51. The molecular weight excluding hydrogens is 294 g/mol. The monoisotopic (exact) mass is 305 g/mol. The molecule has 0 bridgehead atoms. The topological polar surface area (TPSA) is 42.2 Å². The third-order valence-electron chi connectivity index (χ3n) is 3.22. The van der Waals surface area contributed by atoms with Crippen molar-refractivity contribution in [1.29, 1.82) is 0 Å². The Labute approximate surface area is 113 Å². The minimum Gasteiger partial charge on any atom is -0.457 e. The van der Waals surface area contributed by atoms with E-state index in [2.05, 4.69) is 33.4 Å². The second-order valence-electron chi connectivity index (χ2n) is 4.40. The first-order valence-corrected chi connectivity index (χ1v) is 6.69. The van der Waals surface area contributed by atoms with E-state index in [1.165, 1.54) is 23.8 Å². The molecule has 0 aliphatic heterocycles. The zero-order valence-corrected chi connectivity index (χ0v) is 11.3. The Morgan fingerprint density at radius 2 is 2.06 bits per heavy atom. The van der Waals surface area contributed by atoms with Gasteiger partial charge in [0.1, 0.15) is 0 Å². The van der Waals surface area contributed by atoms with E-state index in [1.54, 1.807) is 6.07 Å². The van der Waals surface area contributed by atoms with E-state index in [-0.39, 0.29) is 5.91 Å².